The summed E-state index contributed by atoms with van der Waals surface area (Å²) in [5, 5.41) is 5.87. The summed E-state index contributed by atoms with van der Waals surface area (Å²) in [7, 11) is -3.62. The van der Waals surface area contributed by atoms with Gasteiger partial charge in [-0.3, -0.25) is 14.6 Å². The summed E-state index contributed by atoms with van der Waals surface area (Å²) in [6.07, 6.45) is 3.61. The maximum Gasteiger partial charge on any atom is 0.244 e. The zero-order chi connectivity index (χ0) is 21.0. The Labute approximate surface area is 174 Å². The van der Waals surface area contributed by atoms with Crippen molar-refractivity contribution in [3.05, 3.63) is 47.7 Å². The van der Waals surface area contributed by atoms with Crippen LogP contribution in [0.3, 0.4) is 0 Å². The summed E-state index contributed by atoms with van der Waals surface area (Å²) >= 11 is 6.01. The zero-order valence-corrected chi connectivity index (χ0v) is 17.3. The molecular weight excluding hydrogens is 416 g/mol. The van der Waals surface area contributed by atoms with Gasteiger partial charge in [-0.15, -0.1) is 0 Å². The van der Waals surface area contributed by atoms with Crippen LogP contribution in [-0.2, 0) is 19.6 Å². The molecule has 0 atom stereocenters. The van der Waals surface area contributed by atoms with Crippen molar-refractivity contribution < 1.29 is 18.0 Å². The highest BCUT2D eigenvalue weighted by Crippen LogP contribution is 2.29. The van der Waals surface area contributed by atoms with Crippen molar-refractivity contribution in [2.24, 2.45) is 5.92 Å². The predicted octanol–water partition coefficient (Wildman–Crippen LogP) is 2.73. The van der Waals surface area contributed by atoms with Gasteiger partial charge in [0.2, 0.25) is 21.8 Å². The molecule has 2 heterocycles. The van der Waals surface area contributed by atoms with Gasteiger partial charge in [-0.25, -0.2) is 8.42 Å². The number of pyridine rings is 1. The van der Waals surface area contributed by atoms with Crippen LogP contribution in [-0.4, -0.2) is 42.6 Å². The lowest BCUT2D eigenvalue weighted by Gasteiger charge is -2.30. The number of anilines is 2. The number of amides is 2. The standard InChI is InChI=1S/C19H21ClN4O4S/c1-13(25)22-17-5-4-15(20)11-18(17)23-19(26)14-6-9-24(10-7-14)29(27,28)16-3-2-8-21-12-16/h2-5,8,11-12,14H,6-7,9-10H2,1H3,(H,22,25)(H,23,26). The van der Waals surface area contributed by atoms with E-state index >= 15 is 0 Å². The number of benzene rings is 1. The Morgan fingerprint density at radius 1 is 1.14 bits per heavy atom. The molecule has 3 rings (SSSR count). The number of rotatable bonds is 5. The summed E-state index contributed by atoms with van der Waals surface area (Å²) in [6, 6.07) is 7.87. The Balaban J connectivity index is 1.65. The fourth-order valence-electron chi connectivity index (χ4n) is 3.16. The number of hydrogen-bond acceptors (Lipinski definition) is 5. The molecule has 154 valence electrons. The van der Waals surface area contributed by atoms with Crippen LogP contribution in [0.15, 0.2) is 47.6 Å². The second-order valence-electron chi connectivity index (χ2n) is 6.73. The number of sulfonamides is 1. The molecule has 1 fully saturated rings. The first-order chi connectivity index (χ1) is 13.8. The molecule has 1 aliphatic rings. The Bertz CT molecular complexity index is 1010. The van der Waals surface area contributed by atoms with Crippen molar-refractivity contribution in [2.45, 2.75) is 24.7 Å². The van der Waals surface area contributed by atoms with Crippen molar-refractivity contribution in [3.8, 4) is 0 Å². The highest BCUT2D eigenvalue weighted by molar-refractivity contribution is 7.89. The third-order valence-corrected chi connectivity index (χ3v) is 6.76. The van der Waals surface area contributed by atoms with Gasteiger partial charge in [-0.2, -0.15) is 4.31 Å². The van der Waals surface area contributed by atoms with Gasteiger partial charge in [0.05, 0.1) is 11.4 Å². The summed E-state index contributed by atoms with van der Waals surface area (Å²) in [5.74, 6) is -0.853. The number of piperidine rings is 1. The molecule has 0 spiro atoms. The van der Waals surface area contributed by atoms with Gasteiger partial charge in [0.25, 0.3) is 0 Å². The predicted molar refractivity (Wildman–Crippen MR) is 110 cm³/mol. The van der Waals surface area contributed by atoms with Gasteiger partial charge in [0.15, 0.2) is 0 Å². The number of nitrogens with one attached hydrogen (secondary N) is 2. The maximum atomic E-state index is 12.7. The van der Waals surface area contributed by atoms with Crippen molar-refractivity contribution in [1.29, 1.82) is 0 Å². The van der Waals surface area contributed by atoms with E-state index in [9.17, 15) is 18.0 Å². The Morgan fingerprint density at radius 2 is 1.86 bits per heavy atom. The van der Waals surface area contributed by atoms with Crippen LogP contribution in [0.5, 0.6) is 0 Å². The van der Waals surface area contributed by atoms with E-state index in [1.165, 1.54) is 29.7 Å². The van der Waals surface area contributed by atoms with Gasteiger partial charge < -0.3 is 10.6 Å². The molecule has 2 amide bonds. The lowest BCUT2D eigenvalue weighted by molar-refractivity contribution is -0.121. The summed E-state index contributed by atoms with van der Waals surface area (Å²) in [4.78, 5) is 28.1. The minimum Gasteiger partial charge on any atom is -0.325 e. The van der Waals surface area contributed by atoms with Gasteiger partial charge in [-0.1, -0.05) is 11.6 Å². The lowest BCUT2D eigenvalue weighted by Crippen LogP contribution is -2.41. The molecule has 0 bridgehead atoms. The average Bonchev–Trinajstić information content (AvgIpc) is 2.70. The van der Waals surface area contributed by atoms with Crippen LogP contribution in [0, 0.1) is 5.92 Å². The van der Waals surface area contributed by atoms with Crippen LogP contribution in [0.4, 0.5) is 11.4 Å². The van der Waals surface area contributed by atoms with E-state index in [-0.39, 0.29) is 35.7 Å². The Morgan fingerprint density at radius 3 is 2.48 bits per heavy atom. The largest absolute Gasteiger partial charge is 0.325 e. The number of hydrogen-bond donors (Lipinski definition) is 2. The fraction of sp³-hybridized carbons (Fsp3) is 0.316. The van der Waals surface area contributed by atoms with Gasteiger partial charge in [0.1, 0.15) is 4.90 Å². The van der Waals surface area contributed by atoms with E-state index in [1.807, 2.05) is 0 Å². The molecule has 1 aromatic carbocycles. The highest BCUT2D eigenvalue weighted by Gasteiger charge is 2.32. The van der Waals surface area contributed by atoms with Crippen LogP contribution < -0.4 is 10.6 Å². The van der Waals surface area contributed by atoms with Crippen LogP contribution >= 0.6 is 11.6 Å². The first-order valence-corrected chi connectivity index (χ1v) is 10.9. The molecule has 29 heavy (non-hydrogen) atoms. The summed E-state index contributed by atoms with van der Waals surface area (Å²) < 4.78 is 26.7. The molecule has 8 nitrogen and oxygen atoms in total. The number of carbonyl (C=O) groups excluding carboxylic acids is 2. The van der Waals surface area contributed by atoms with Gasteiger partial charge in [-0.05, 0) is 43.2 Å². The monoisotopic (exact) mass is 436 g/mol. The molecule has 0 saturated carbocycles. The number of carbonyl (C=O) groups is 2. The van der Waals surface area contributed by atoms with Crippen LogP contribution in [0.2, 0.25) is 5.02 Å². The molecule has 10 heteroatoms. The van der Waals surface area contributed by atoms with E-state index in [4.69, 9.17) is 11.6 Å². The maximum absolute atomic E-state index is 12.7. The molecule has 0 unspecified atom stereocenters. The number of aromatic nitrogens is 1. The lowest BCUT2D eigenvalue weighted by atomic mass is 9.97. The first-order valence-electron chi connectivity index (χ1n) is 9.05. The highest BCUT2D eigenvalue weighted by atomic mass is 35.5. The summed E-state index contributed by atoms with van der Waals surface area (Å²) in [5.41, 5.74) is 0.856. The van der Waals surface area contributed by atoms with Crippen molar-refractivity contribution in [2.75, 3.05) is 23.7 Å². The topological polar surface area (TPSA) is 108 Å². The molecule has 1 aliphatic heterocycles. The normalized spacial score (nSPS) is 15.7. The van der Waals surface area contributed by atoms with Crippen molar-refractivity contribution in [1.82, 2.24) is 9.29 Å². The SMILES string of the molecule is CC(=O)Nc1ccc(Cl)cc1NC(=O)C1CCN(S(=O)(=O)c2cccnc2)CC1. The summed E-state index contributed by atoms with van der Waals surface area (Å²) in [6.45, 7) is 1.85. The van der Waals surface area contributed by atoms with Crippen LogP contribution in [0.25, 0.3) is 0 Å². The van der Waals surface area contributed by atoms with E-state index in [2.05, 4.69) is 15.6 Å². The smallest absolute Gasteiger partial charge is 0.244 e. The minimum atomic E-state index is -3.62. The van der Waals surface area contributed by atoms with Crippen molar-refractivity contribution >= 4 is 44.8 Å². The third kappa shape index (κ3) is 5.11. The first kappa shape index (κ1) is 21.2. The molecule has 1 aromatic heterocycles. The molecule has 2 aromatic rings. The Hall–Kier alpha value is -2.49. The van der Waals surface area contributed by atoms with E-state index in [0.29, 0.717) is 29.2 Å². The quantitative estimate of drug-likeness (QED) is 0.749. The van der Waals surface area contributed by atoms with Crippen molar-refractivity contribution in [3.63, 3.8) is 0 Å². The van der Waals surface area contributed by atoms with Gasteiger partial charge in [0, 0.05) is 43.3 Å². The number of halogens is 1. The number of nitrogens with zero attached hydrogens (tertiary/aromatic N) is 2. The van der Waals surface area contributed by atoms with Crippen LogP contribution in [0.1, 0.15) is 19.8 Å². The zero-order valence-electron chi connectivity index (χ0n) is 15.8. The third-order valence-electron chi connectivity index (χ3n) is 4.65. The van der Waals surface area contributed by atoms with Gasteiger partial charge >= 0.3 is 0 Å². The average molecular weight is 437 g/mol. The second kappa shape index (κ2) is 8.89. The molecule has 0 aliphatic carbocycles. The second-order valence-corrected chi connectivity index (χ2v) is 9.10. The molecule has 2 N–H and O–H groups in total. The minimum absolute atomic E-state index is 0.141. The Kier molecular flexibility index (Phi) is 6.51. The molecule has 1 saturated heterocycles. The molecule has 0 radical (unpaired) electrons. The van der Waals surface area contributed by atoms with E-state index in [0.717, 1.165) is 0 Å². The van der Waals surface area contributed by atoms with E-state index in [1.54, 1.807) is 24.3 Å². The molecular formula is C19H21ClN4O4S. The fourth-order valence-corrected chi connectivity index (χ4v) is 4.77. The van der Waals surface area contributed by atoms with E-state index < -0.39 is 10.0 Å².